The Morgan fingerprint density at radius 1 is 1.11 bits per heavy atom. The molecule has 1 aromatic heterocycles. The van der Waals surface area contributed by atoms with Gasteiger partial charge in [0, 0.05) is 30.6 Å². The Hall–Kier alpha value is -2.30. The number of nitrogens with one attached hydrogen (secondary N) is 1. The van der Waals surface area contributed by atoms with Gasteiger partial charge in [0.05, 0.1) is 0 Å². The van der Waals surface area contributed by atoms with E-state index in [1.807, 2.05) is 0 Å². The van der Waals surface area contributed by atoms with Gasteiger partial charge >= 0.3 is 0 Å². The van der Waals surface area contributed by atoms with E-state index in [2.05, 4.69) is 10.3 Å². The van der Waals surface area contributed by atoms with Crippen LogP contribution in [0.5, 0.6) is 0 Å². The minimum absolute atomic E-state index is 0.0402. The first-order valence-corrected chi connectivity index (χ1v) is 5.28. The van der Waals surface area contributed by atoms with Crippen LogP contribution in [0.3, 0.4) is 0 Å². The minimum Gasteiger partial charge on any atom is -0.348 e. The Balaban J connectivity index is 2.04. The zero-order chi connectivity index (χ0) is 13.0. The molecule has 0 fully saturated rings. The summed E-state index contributed by atoms with van der Waals surface area (Å²) < 4.78 is 25.8. The summed E-state index contributed by atoms with van der Waals surface area (Å²) in [7, 11) is 0. The maximum atomic E-state index is 12.9. The second-order valence-corrected chi connectivity index (χ2v) is 3.70. The molecule has 1 heterocycles. The Morgan fingerprint density at radius 3 is 2.33 bits per heavy atom. The van der Waals surface area contributed by atoms with E-state index in [1.54, 1.807) is 24.5 Å². The lowest BCUT2D eigenvalue weighted by atomic mass is 10.2. The lowest BCUT2D eigenvalue weighted by molar-refractivity contribution is 0.0950. The van der Waals surface area contributed by atoms with E-state index >= 15 is 0 Å². The predicted octanol–water partition coefficient (Wildman–Crippen LogP) is 2.29. The molecule has 1 aromatic carbocycles. The number of carbonyl (C=O) groups excluding carboxylic acids is 1. The van der Waals surface area contributed by atoms with E-state index in [0.29, 0.717) is 0 Å². The molecule has 1 N–H and O–H groups in total. The summed E-state index contributed by atoms with van der Waals surface area (Å²) in [6.07, 6.45) is 3.20. The number of pyridine rings is 1. The van der Waals surface area contributed by atoms with Gasteiger partial charge in [0.15, 0.2) is 0 Å². The third kappa shape index (κ3) is 3.10. The molecule has 18 heavy (non-hydrogen) atoms. The van der Waals surface area contributed by atoms with Crippen LogP contribution in [0.15, 0.2) is 42.7 Å². The Kier molecular flexibility index (Phi) is 3.62. The van der Waals surface area contributed by atoms with Crippen LogP contribution in [0.4, 0.5) is 8.78 Å². The SMILES string of the molecule is O=C(NCc1ccncc1)c1cc(F)cc(F)c1. The van der Waals surface area contributed by atoms with Crippen LogP contribution in [0.1, 0.15) is 15.9 Å². The molecule has 0 bridgehead atoms. The van der Waals surface area contributed by atoms with Gasteiger partial charge in [0.25, 0.3) is 5.91 Å². The molecule has 0 aliphatic rings. The zero-order valence-electron chi connectivity index (χ0n) is 9.36. The van der Waals surface area contributed by atoms with E-state index in [-0.39, 0.29) is 12.1 Å². The number of hydrogen-bond acceptors (Lipinski definition) is 2. The van der Waals surface area contributed by atoms with Gasteiger partial charge in [-0.15, -0.1) is 0 Å². The first-order valence-electron chi connectivity index (χ1n) is 5.28. The molecule has 5 heteroatoms. The fourth-order valence-corrected chi connectivity index (χ4v) is 1.47. The van der Waals surface area contributed by atoms with E-state index in [4.69, 9.17) is 0 Å². The van der Waals surface area contributed by atoms with Crippen molar-refractivity contribution in [2.24, 2.45) is 0 Å². The molecule has 0 saturated carbocycles. The lowest BCUT2D eigenvalue weighted by Gasteiger charge is -2.05. The quantitative estimate of drug-likeness (QED) is 0.905. The highest BCUT2D eigenvalue weighted by molar-refractivity contribution is 5.94. The molecule has 0 radical (unpaired) electrons. The summed E-state index contributed by atoms with van der Waals surface area (Å²) in [6, 6.07) is 6.19. The van der Waals surface area contributed by atoms with Crippen LogP contribution >= 0.6 is 0 Å². The second kappa shape index (κ2) is 5.35. The van der Waals surface area contributed by atoms with Crippen LogP contribution < -0.4 is 5.32 Å². The third-order valence-corrected chi connectivity index (χ3v) is 2.33. The number of benzene rings is 1. The summed E-state index contributed by atoms with van der Waals surface area (Å²) in [5.74, 6) is -2.07. The van der Waals surface area contributed by atoms with Crippen molar-refractivity contribution in [3.63, 3.8) is 0 Å². The van der Waals surface area contributed by atoms with Crippen LogP contribution in [0.25, 0.3) is 0 Å². The molecule has 0 atom stereocenters. The van der Waals surface area contributed by atoms with Crippen LogP contribution in [0.2, 0.25) is 0 Å². The van der Waals surface area contributed by atoms with Crippen molar-refractivity contribution in [3.8, 4) is 0 Å². The summed E-state index contributed by atoms with van der Waals surface area (Å²) in [4.78, 5) is 15.5. The average Bonchev–Trinajstić information content (AvgIpc) is 2.36. The van der Waals surface area contributed by atoms with E-state index < -0.39 is 17.5 Å². The molecule has 0 aliphatic carbocycles. The number of hydrogen-bond donors (Lipinski definition) is 1. The number of carbonyl (C=O) groups is 1. The van der Waals surface area contributed by atoms with Gasteiger partial charge in [-0.3, -0.25) is 9.78 Å². The van der Waals surface area contributed by atoms with Crippen molar-refractivity contribution < 1.29 is 13.6 Å². The lowest BCUT2D eigenvalue weighted by Crippen LogP contribution is -2.23. The third-order valence-electron chi connectivity index (χ3n) is 2.33. The predicted molar refractivity (Wildman–Crippen MR) is 61.8 cm³/mol. The molecule has 0 unspecified atom stereocenters. The minimum atomic E-state index is -0.774. The molecule has 0 spiro atoms. The molecule has 2 aromatic rings. The fourth-order valence-electron chi connectivity index (χ4n) is 1.47. The van der Waals surface area contributed by atoms with E-state index in [9.17, 15) is 13.6 Å². The van der Waals surface area contributed by atoms with Crippen LogP contribution in [-0.4, -0.2) is 10.9 Å². The highest BCUT2D eigenvalue weighted by Crippen LogP contribution is 2.08. The number of amides is 1. The van der Waals surface area contributed by atoms with Gasteiger partial charge in [-0.25, -0.2) is 8.78 Å². The van der Waals surface area contributed by atoms with Crippen molar-refractivity contribution in [2.45, 2.75) is 6.54 Å². The molecule has 92 valence electrons. The molecular weight excluding hydrogens is 238 g/mol. The largest absolute Gasteiger partial charge is 0.348 e. The van der Waals surface area contributed by atoms with Crippen molar-refractivity contribution in [2.75, 3.05) is 0 Å². The maximum absolute atomic E-state index is 12.9. The van der Waals surface area contributed by atoms with Gasteiger partial charge in [0.2, 0.25) is 0 Å². The zero-order valence-corrected chi connectivity index (χ0v) is 9.36. The van der Waals surface area contributed by atoms with Gasteiger partial charge in [0.1, 0.15) is 11.6 Å². The molecule has 0 aliphatic heterocycles. The van der Waals surface area contributed by atoms with E-state index in [0.717, 1.165) is 23.8 Å². The first-order chi connectivity index (χ1) is 8.65. The normalized spacial score (nSPS) is 10.1. The first kappa shape index (κ1) is 12.2. The molecular formula is C13H10F2N2O. The van der Waals surface area contributed by atoms with Gasteiger partial charge in [-0.2, -0.15) is 0 Å². The highest BCUT2D eigenvalue weighted by Gasteiger charge is 2.08. The van der Waals surface area contributed by atoms with Crippen LogP contribution in [0, 0.1) is 11.6 Å². The number of aromatic nitrogens is 1. The van der Waals surface area contributed by atoms with Gasteiger partial charge in [-0.05, 0) is 29.8 Å². The Morgan fingerprint density at radius 2 is 1.72 bits per heavy atom. The van der Waals surface area contributed by atoms with Crippen molar-refractivity contribution >= 4 is 5.91 Å². The topological polar surface area (TPSA) is 42.0 Å². The summed E-state index contributed by atoms with van der Waals surface area (Å²) in [6.45, 7) is 0.277. The number of rotatable bonds is 3. The van der Waals surface area contributed by atoms with Crippen molar-refractivity contribution in [1.82, 2.24) is 10.3 Å². The molecule has 0 saturated heterocycles. The Bertz CT molecular complexity index is 538. The van der Waals surface area contributed by atoms with E-state index in [1.165, 1.54) is 0 Å². The van der Waals surface area contributed by atoms with Crippen molar-refractivity contribution in [1.29, 1.82) is 0 Å². The van der Waals surface area contributed by atoms with Gasteiger partial charge in [-0.1, -0.05) is 0 Å². The Labute approximate surface area is 102 Å². The summed E-state index contributed by atoms with van der Waals surface area (Å²) in [5, 5.41) is 2.57. The van der Waals surface area contributed by atoms with Crippen LogP contribution in [-0.2, 0) is 6.54 Å². The molecule has 2 rings (SSSR count). The average molecular weight is 248 g/mol. The molecule has 3 nitrogen and oxygen atoms in total. The standard InChI is InChI=1S/C13H10F2N2O/c14-11-5-10(6-12(15)7-11)13(18)17-8-9-1-3-16-4-2-9/h1-7H,8H2,(H,17,18). The fraction of sp³-hybridized carbons (Fsp3) is 0.0769. The highest BCUT2D eigenvalue weighted by atomic mass is 19.1. The second-order valence-electron chi connectivity index (χ2n) is 3.70. The van der Waals surface area contributed by atoms with Gasteiger partial charge < -0.3 is 5.32 Å². The number of halogens is 2. The molecule has 1 amide bonds. The smallest absolute Gasteiger partial charge is 0.251 e. The summed E-state index contributed by atoms with van der Waals surface area (Å²) >= 11 is 0. The van der Waals surface area contributed by atoms with Crippen molar-refractivity contribution in [3.05, 3.63) is 65.5 Å². The summed E-state index contributed by atoms with van der Waals surface area (Å²) in [5.41, 5.74) is 0.816. The number of nitrogens with zero attached hydrogens (tertiary/aromatic N) is 1. The maximum Gasteiger partial charge on any atom is 0.251 e. The monoisotopic (exact) mass is 248 g/mol.